The summed E-state index contributed by atoms with van der Waals surface area (Å²) < 4.78 is 55.5. The topological polar surface area (TPSA) is 78.9 Å². The highest BCUT2D eigenvalue weighted by Crippen LogP contribution is 2.52. The molecule has 0 saturated carbocycles. The van der Waals surface area contributed by atoms with Gasteiger partial charge in [-0.15, -0.1) is 0 Å². The molecule has 6 nitrogen and oxygen atoms in total. The molecular formula is C20H29O6PS. The van der Waals surface area contributed by atoms with Crippen LogP contribution in [0.3, 0.4) is 0 Å². The number of benzene rings is 1. The molecule has 156 valence electrons. The summed E-state index contributed by atoms with van der Waals surface area (Å²) in [6.45, 7) is 10.6. The summed E-state index contributed by atoms with van der Waals surface area (Å²) in [6, 6.07) is 8.01. The number of rotatable bonds is 10. The van der Waals surface area contributed by atoms with Crippen LogP contribution in [0.15, 0.2) is 69.2 Å². The highest BCUT2D eigenvalue weighted by atomic mass is 32.2. The monoisotopic (exact) mass is 428 g/mol. The minimum Gasteiger partial charge on any atom is -0.403 e. The van der Waals surface area contributed by atoms with Gasteiger partial charge in [-0.1, -0.05) is 29.3 Å². The van der Waals surface area contributed by atoms with Crippen molar-refractivity contribution in [2.24, 2.45) is 0 Å². The van der Waals surface area contributed by atoms with E-state index < -0.39 is 17.7 Å². The average Bonchev–Trinajstić information content (AvgIpc) is 2.59. The van der Waals surface area contributed by atoms with E-state index in [9.17, 15) is 13.0 Å². The van der Waals surface area contributed by atoms with Gasteiger partial charge in [0.2, 0.25) is 9.84 Å². The average molecular weight is 428 g/mol. The van der Waals surface area contributed by atoms with E-state index in [1.807, 2.05) is 0 Å². The molecule has 0 aliphatic carbocycles. The molecule has 0 unspecified atom stereocenters. The molecule has 1 aromatic carbocycles. The van der Waals surface area contributed by atoms with Crippen molar-refractivity contribution in [1.82, 2.24) is 0 Å². The first-order valence-corrected chi connectivity index (χ1v) is 11.9. The molecule has 0 amide bonds. The smallest absolute Gasteiger partial charge is 0.403 e. The molecule has 28 heavy (non-hydrogen) atoms. The van der Waals surface area contributed by atoms with E-state index in [1.54, 1.807) is 59.7 Å². The van der Waals surface area contributed by atoms with E-state index in [-0.39, 0.29) is 28.8 Å². The van der Waals surface area contributed by atoms with Crippen LogP contribution in [0.1, 0.15) is 41.5 Å². The van der Waals surface area contributed by atoms with E-state index in [0.29, 0.717) is 0 Å². The van der Waals surface area contributed by atoms with Crippen molar-refractivity contribution in [3.05, 3.63) is 64.3 Å². The van der Waals surface area contributed by atoms with Gasteiger partial charge in [-0.25, -0.2) is 13.0 Å². The third kappa shape index (κ3) is 7.06. The summed E-state index contributed by atoms with van der Waals surface area (Å²) in [5.74, 6) is -0.0877. The van der Waals surface area contributed by atoms with E-state index in [0.717, 1.165) is 11.1 Å². The van der Waals surface area contributed by atoms with Crippen LogP contribution in [0.25, 0.3) is 0 Å². The molecule has 0 saturated heterocycles. The van der Waals surface area contributed by atoms with Crippen molar-refractivity contribution < 1.29 is 26.6 Å². The number of hydrogen-bond acceptors (Lipinski definition) is 6. The predicted octanol–water partition coefficient (Wildman–Crippen LogP) is 5.80. The van der Waals surface area contributed by atoms with Crippen LogP contribution in [0.4, 0.5) is 0 Å². The van der Waals surface area contributed by atoms with E-state index in [4.69, 9.17) is 13.6 Å². The number of phosphoric ester groups is 1. The number of hydrogen-bond donors (Lipinski definition) is 0. The molecule has 1 rings (SSSR count). The summed E-state index contributed by atoms with van der Waals surface area (Å²) in [5.41, 5.74) is 1.50. The minimum absolute atomic E-state index is 0.0861. The van der Waals surface area contributed by atoms with E-state index in [1.165, 1.54) is 24.3 Å². The van der Waals surface area contributed by atoms with Crippen LogP contribution >= 0.6 is 7.82 Å². The second-order valence-electron chi connectivity index (χ2n) is 6.36. The van der Waals surface area contributed by atoms with Gasteiger partial charge in [0.25, 0.3) is 0 Å². The first kappa shape index (κ1) is 24.4. The lowest BCUT2D eigenvalue weighted by molar-refractivity contribution is 0.148. The third-order valence-electron chi connectivity index (χ3n) is 3.21. The standard InChI is InChI=1S/C20H29O6PS/c1-7-24-27(21,25-8-2)26-19(14-16(3)4)20(15-17(5)6)28(22,23)18-12-10-9-11-13-18/h9-15H,7-8H2,1-6H3/b20-19+. The zero-order chi connectivity index (χ0) is 21.4. The minimum atomic E-state index is -3.99. The fourth-order valence-corrected chi connectivity index (χ4v) is 4.99. The Morgan fingerprint density at radius 1 is 0.929 bits per heavy atom. The molecule has 0 N–H and O–H groups in total. The van der Waals surface area contributed by atoms with Crippen LogP contribution in [-0.4, -0.2) is 21.6 Å². The van der Waals surface area contributed by atoms with Gasteiger partial charge in [-0.05, 0) is 65.8 Å². The van der Waals surface area contributed by atoms with Crippen LogP contribution in [-0.2, 0) is 28.0 Å². The van der Waals surface area contributed by atoms with Crippen molar-refractivity contribution >= 4 is 17.7 Å². The highest BCUT2D eigenvalue weighted by Gasteiger charge is 2.32. The lowest BCUT2D eigenvalue weighted by Crippen LogP contribution is -2.09. The second kappa shape index (κ2) is 10.8. The normalized spacial score (nSPS) is 12.8. The first-order valence-electron chi connectivity index (χ1n) is 8.98. The van der Waals surface area contributed by atoms with Crippen molar-refractivity contribution in [3.63, 3.8) is 0 Å². The Morgan fingerprint density at radius 3 is 1.86 bits per heavy atom. The van der Waals surface area contributed by atoms with Gasteiger partial charge >= 0.3 is 7.82 Å². The molecule has 1 aromatic rings. The number of allylic oxidation sites excluding steroid dienone is 4. The first-order chi connectivity index (χ1) is 13.1. The zero-order valence-corrected chi connectivity index (χ0v) is 19.0. The Hall–Kier alpha value is -1.66. The summed E-state index contributed by atoms with van der Waals surface area (Å²) >= 11 is 0. The maximum atomic E-state index is 13.3. The lowest BCUT2D eigenvalue weighted by Gasteiger charge is -2.20. The molecular weight excluding hydrogens is 399 g/mol. The summed E-state index contributed by atoms with van der Waals surface area (Å²) in [4.78, 5) is -0.00654. The lowest BCUT2D eigenvalue weighted by atomic mass is 10.2. The van der Waals surface area contributed by atoms with Crippen molar-refractivity contribution in [1.29, 1.82) is 0 Å². The molecule has 0 aliphatic heterocycles. The van der Waals surface area contributed by atoms with Gasteiger partial charge in [0, 0.05) is 0 Å². The predicted molar refractivity (Wildman–Crippen MR) is 111 cm³/mol. The van der Waals surface area contributed by atoms with Gasteiger partial charge in [0.15, 0.2) is 5.76 Å². The molecule has 0 atom stereocenters. The Bertz CT molecular complexity index is 880. The zero-order valence-electron chi connectivity index (χ0n) is 17.3. The van der Waals surface area contributed by atoms with Crippen LogP contribution in [0.5, 0.6) is 0 Å². The maximum absolute atomic E-state index is 13.3. The largest absolute Gasteiger partial charge is 0.530 e. The summed E-state index contributed by atoms with van der Waals surface area (Å²) in [5, 5.41) is 0. The van der Waals surface area contributed by atoms with E-state index in [2.05, 4.69) is 0 Å². The van der Waals surface area contributed by atoms with Crippen molar-refractivity contribution in [3.8, 4) is 0 Å². The fourth-order valence-electron chi connectivity index (χ4n) is 2.20. The van der Waals surface area contributed by atoms with Gasteiger partial charge < -0.3 is 4.52 Å². The Balaban J connectivity index is 3.77. The van der Waals surface area contributed by atoms with Crippen LogP contribution < -0.4 is 0 Å². The van der Waals surface area contributed by atoms with Crippen molar-refractivity contribution in [2.45, 2.75) is 46.4 Å². The molecule has 0 spiro atoms. The molecule has 0 radical (unpaired) electrons. The SMILES string of the molecule is CCOP(=O)(OCC)O/C(C=C(C)C)=C(\C=C(C)C)S(=O)(=O)c1ccccc1. The summed E-state index contributed by atoms with van der Waals surface area (Å²) in [7, 11) is -7.93. The van der Waals surface area contributed by atoms with Gasteiger partial charge in [0.05, 0.1) is 18.1 Å². The van der Waals surface area contributed by atoms with E-state index >= 15 is 0 Å². The molecule has 0 aromatic heterocycles. The van der Waals surface area contributed by atoms with Gasteiger partial charge in [-0.3, -0.25) is 9.05 Å². The van der Waals surface area contributed by atoms with Gasteiger partial charge in [-0.2, -0.15) is 0 Å². The molecule has 0 heterocycles. The number of sulfone groups is 1. The quantitative estimate of drug-likeness (QED) is 0.266. The van der Waals surface area contributed by atoms with Crippen LogP contribution in [0, 0.1) is 0 Å². The molecule has 0 bridgehead atoms. The van der Waals surface area contributed by atoms with Crippen molar-refractivity contribution in [2.75, 3.05) is 13.2 Å². The second-order valence-corrected chi connectivity index (χ2v) is 9.87. The molecule has 0 aliphatic rings. The molecule has 8 heteroatoms. The number of phosphoric acid groups is 1. The Kier molecular flexibility index (Phi) is 9.37. The molecule has 0 fully saturated rings. The summed E-state index contributed by atoms with van der Waals surface area (Å²) in [6.07, 6.45) is 3.00. The fraction of sp³-hybridized carbons (Fsp3) is 0.400. The van der Waals surface area contributed by atoms with Crippen LogP contribution in [0.2, 0.25) is 0 Å². The highest BCUT2D eigenvalue weighted by molar-refractivity contribution is 7.95. The Morgan fingerprint density at radius 2 is 1.43 bits per heavy atom. The Labute approximate surface area is 168 Å². The maximum Gasteiger partial charge on any atom is 0.530 e. The third-order valence-corrected chi connectivity index (χ3v) is 6.57. The van der Waals surface area contributed by atoms with Gasteiger partial charge in [0.1, 0.15) is 4.91 Å².